The molecule has 1 unspecified atom stereocenters. The van der Waals surface area contributed by atoms with E-state index in [1.165, 1.54) is 12.1 Å². The topological polar surface area (TPSA) is 65.9 Å². The van der Waals surface area contributed by atoms with Crippen LogP contribution in [0, 0.1) is 0 Å². The summed E-state index contributed by atoms with van der Waals surface area (Å²) in [6, 6.07) is 6.03. The number of hydrogen-bond donors (Lipinski definition) is 3. The summed E-state index contributed by atoms with van der Waals surface area (Å²) < 4.78 is 28.5. The molecule has 1 aromatic carbocycles. The highest BCUT2D eigenvalue weighted by atomic mass is 19.3. The van der Waals surface area contributed by atoms with Crippen LogP contribution < -0.4 is 15.4 Å². The van der Waals surface area contributed by atoms with Gasteiger partial charge in [-0.25, -0.2) is 0 Å². The van der Waals surface area contributed by atoms with Gasteiger partial charge in [-0.1, -0.05) is 12.1 Å². The van der Waals surface area contributed by atoms with Gasteiger partial charge >= 0.3 is 6.61 Å². The fraction of sp³-hybridized carbons (Fsp3) is 0.462. The van der Waals surface area contributed by atoms with Crippen molar-refractivity contribution in [2.45, 2.75) is 19.1 Å². The Hall–Kier alpha value is -1.89. The molecule has 0 radical (unpaired) electrons. The monoisotopic (exact) mass is 285 g/mol. The van der Waals surface area contributed by atoms with Crippen LogP contribution in [0.25, 0.3) is 0 Å². The molecule has 0 aliphatic carbocycles. The fourth-order valence-corrected chi connectivity index (χ4v) is 1.86. The van der Waals surface area contributed by atoms with Crippen LogP contribution in [0.4, 0.5) is 8.78 Å². The third kappa shape index (κ3) is 4.34. The lowest BCUT2D eigenvalue weighted by Gasteiger charge is -2.18. The van der Waals surface area contributed by atoms with E-state index in [9.17, 15) is 13.9 Å². The lowest BCUT2D eigenvalue weighted by atomic mass is 10.1. The lowest BCUT2D eigenvalue weighted by Crippen LogP contribution is -2.42. The van der Waals surface area contributed by atoms with Crippen molar-refractivity contribution in [1.29, 1.82) is 0 Å². The number of alkyl halides is 2. The molecule has 7 heteroatoms. The highest BCUT2D eigenvalue weighted by Gasteiger charge is 2.12. The highest BCUT2D eigenvalue weighted by molar-refractivity contribution is 5.80. The van der Waals surface area contributed by atoms with Crippen molar-refractivity contribution in [3.05, 3.63) is 29.8 Å². The zero-order chi connectivity index (χ0) is 14.4. The SMILES string of the molecule is OC(CNC1=NCCCN1)c1cccc(OC(F)F)c1. The van der Waals surface area contributed by atoms with Crippen LogP contribution in [0.1, 0.15) is 18.1 Å². The van der Waals surface area contributed by atoms with Crippen LogP contribution in [0.2, 0.25) is 0 Å². The number of nitrogens with one attached hydrogen (secondary N) is 2. The minimum atomic E-state index is -2.87. The van der Waals surface area contributed by atoms with E-state index >= 15 is 0 Å². The summed E-state index contributed by atoms with van der Waals surface area (Å²) in [4.78, 5) is 4.21. The first-order valence-electron chi connectivity index (χ1n) is 6.40. The zero-order valence-electron chi connectivity index (χ0n) is 10.9. The first-order chi connectivity index (χ1) is 9.65. The summed E-state index contributed by atoms with van der Waals surface area (Å²) in [6.45, 7) is -1.03. The molecular weight excluding hydrogens is 268 g/mol. The van der Waals surface area contributed by atoms with Gasteiger partial charge in [-0.05, 0) is 24.1 Å². The maximum Gasteiger partial charge on any atom is 0.387 e. The molecule has 110 valence electrons. The van der Waals surface area contributed by atoms with E-state index < -0.39 is 12.7 Å². The van der Waals surface area contributed by atoms with Gasteiger partial charge in [0.15, 0.2) is 5.96 Å². The molecule has 1 aromatic rings. The van der Waals surface area contributed by atoms with Gasteiger partial charge in [0.1, 0.15) is 5.75 Å². The predicted octanol–water partition coefficient (Wildman–Crippen LogP) is 1.26. The summed E-state index contributed by atoms with van der Waals surface area (Å²) >= 11 is 0. The summed E-state index contributed by atoms with van der Waals surface area (Å²) in [7, 11) is 0. The minimum Gasteiger partial charge on any atom is -0.435 e. The van der Waals surface area contributed by atoms with Gasteiger partial charge in [0.25, 0.3) is 0 Å². The fourth-order valence-electron chi connectivity index (χ4n) is 1.86. The number of benzene rings is 1. The van der Waals surface area contributed by atoms with Crippen molar-refractivity contribution in [2.24, 2.45) is 4.99 Å². The van der Waals surface area contributed by atoms with E-state index in [2.05, 4.69) is 20.4 Å². The molecule has 0 bridgehead atoms. The van der Waals surface area contributed by atoms with Crippen LogP contribution in [-0.4, -0.2) is 37.3 Å². The van der Waals surface area contributed by atoms with E-state index in [1.807, 2.05) is 0 Å². The molecule has 3 N–H and O–H groups in total. The Morgan fingerprint density at radius 3 is 3.00 bits per heavy atom. The second kappa shape index (κ2) is 7.04. The van der Waals surface area contributed by atoms with Crippen molar-refractivity contribution in [2.75, 3.05) is 19.6 Å². The van der Waals surface area contributed by atoms with Crippen LogP contribution in [0.3, 0.4) is 0 Å². The molecule has 1 aliphatic rings. The molecule has 20 heavy (non-hydrogen) atoms. The number of aliphatic hydroxyl groups excluding tert-OH is 1. The van der Waals surface area contributed by atoms with Crippen LogP contribution >= 0.6 is 0 Å². The maximum absolute atomic E-state index is 12.1. The molecule has 0 fully saturated rings. The van der Waals surface area contributed by atoms with Gasteiger partial charge < -0.3 is 20.5 Å². The largest absolute Gasteiger partial charge is 0.435 e. The zero-order valence-corrected chi connectivity index (χ0v) is 10.9. The van der Waals surface area contributed by atoms with E-state index in [4.69, 9.17) is 0 Å². The van der Waals surface area contributed by atoms with Crippen molar-refractivity contribution in [3.8, 4) is 5.75 Å². The van der Waals surface area contributed by atoms with Gasteiger partial charge in [0.2, 0.25) is 0 Å². The number of nitrogens with zero attached hydrogens (tertiary/aromatic N) is 1. The van der Waals surface area contributed by atoms with Gasteiger partial charge in [-0.15, -0.1) is 0 Å². The Morgan fingerprint density at radius 2 is 2.30 bits per heavy atom. The number of ether oxygens (including phenoxy) is 1. The van der Waals surface area contributed by atoms with Gasteiger partial charge in [0.05, 0.1) is 6.10 Å². The quantitative estimate of drug-likeness (QED) is 0.762. The first kappa shape index (κ1) is 14.5. The summed E-state index contributed by atoms with van der Waals surface area (Å²) in [5.74, 6) is 0.681. The van der Waals surface area contributed by atoms with Gasteiger partial charge in [0, 0.05) is 19.6 Å². The molecule has 0 saturated heterocycles. The second-order valence-electron chi connectivity index (χ2n) is 4.36. The predicted molar refractivity (Wildman–Crippen MR) is 71.0 cm³/mol. The molecule has 1 aliphatic heterocycles. The summed E-state index contributed by atoms with van der Waals surface area (Å²) in [6.07, 6.45) is 0.156. The molecule has 1 atom stereocenters. The van der Waals surface area contributed by atoms with Crippen molar-refractivity contribution in [1.82, 2.24) is 10.6 Å². The number of aliphatic hydroxyl groups is 1. The Balaban J connectivity index is 1.91. The molecule has 5 nitrogen and oxygen atoms in total. The lowest BCUT2D eigenvalue weighted by molar-refractivity contribution is -0.0499. The van der Waals surface area contributed by atoms with E-state index in [0.717, 1.165) is 19.5 Å². The molecule has 0 aromatic heterocycles. The Bertz CT molecular complexity index is 469. The van der Waals surface area contributed by atoms with Gasteiger partial charge in [-0.2, -0.15) is 8.78 Å². The number of aliphatic imine (C=N–C) groups is 1. The van der Waals surface area contributed by atoms with Crippen molar-refractivity contribution < 1.29 is 18.6 Å². The van der Waals surface area contributed by atoms with Crippen molar-refractivity contribution in [3.63, 3.8) is 0 Å². The van der Waals surface area contributed by atoms with Crippen LogP contribution in [0.15, 0.2) is 29.3 Å². The second-order valence-corrected chi connectivity index (χ2v) is 4.36. The number of rotatable bonds is 5. The number of guanidine groups is 1. The highest BCUT2D eigenvalue weighted by Crippen LogP contribution is 2.20. The van der Waals surface area contributed by atoms with E-state index in [-0.39, 0.29) is 12.3 Å². The van der Waals surface area contributed by atoms with Crippen LogP contribution in [0.5, 0.6) is 5.75 Å². The third-order valence-electron chi connectivity index (χ3n) is 2.83. The maximum atomic E-state index is 12.1. The van der Waals surface area contributed by atoms with Gasteiger partial charge in [-0.3, -0.25) is 4.99 Å². The molecule has 1 heterocycles. The average Bonchev–Trinajstić information content (AvgIpc) is 2.45. The molecule has 0 saturated carbocycles. The third-order valence-corrected chi connectivity index (χ3v) is 2.83. The van der Waals surface area contributed by atoms with Crippen LogP contribution in [-0.2, 0) is 0 Å². The smallest absolute Gasteiger partial charge is 0.387 e. The first-order valence-corrected chi connectivity index (χ1v) is 6.40. The molecule has 0 amide bonds. The minimum absolute atomic E-state index is 0.0321. The Kier molecular flexibility index (Phi) is 5.11. The molecule has 2 rings (SSSR count). The van der Waals surface area contributed by atoms with E-state index in [1.54, 1.807) is 12.1 Å². The van der Waals surface area contributed by atoms with E-state index in [0.29, 0.717) is 11.5 Å². The number of hydrogen-bond acceptors (Lipinski definition) is 5. The standard InChI is InChI=1S/C13H17F2N3O2/c14-12(15)20-10-4-1-3-9(7-10)11(19)8-18-13-16-5-2-6-17-13/h1,3-4,7,11-12,19H,2,5-6,8H2,(H2,16,17,18). The average molecular weight is 285 g/mol. The Labute approximate surface area is 115 Å². The Morgan fingerprint density at radius 1 is 1.45 bits per heavy atom. The van der Waals surface area contributed by atoms with Crippen molar-refractivity contribution >= 4 is 5.96 Å². The molecular formula is C13H17F2N3O2. The summed E-state index contributed by atoms with van der Waals surface area (Å²) in [5, 5.41) is 16.1. The number of halogens is 2. The summed E-state index contributed by atoms with van der Waals surface area (Å²) in [5.41, 5.74) is 0.507. The molecule has 0 spiro atoms. The normalized spacial score (nSPS) is 16.3.